The van der Waals surface area contributed by atoms with E-state index < -0.39 is 0 Å². The van der Waals surface area contributed by atoms with Crippen molar-refractivity contribution in [3.8, 4) is 0 Å². The molecule has 0 amide bonds. The minimum atomic E-state index is 0.00124. The maximum Gasteiger partial charge on any atom is 0.141 e. The van der Waals surface area contributed by atoms with E-state index in [0.717, 1.165) is 12.8 Å². The molecule has 0 aromatic rings. The number of carbonyl (C=O) groups excluding carboxylic acids is 1. The molecule has 0 spiro atoms. The molecular formula is C12H21NO. The summed E-state index contributed by atoms with van der Waals surface area (Å²) in [7, 11) is 0. The van der Waals surface area contributed by atoms with Crippen molar-refractivity contribution in [1.82, 2.24) is 0 Å². The number of carbonyl (C=O) groups is 1. The van der Waals surface area contributed by atoms with E-state index in [-0.39, 0.29) is 12.0 Å². The van der Waals surface area contributed by atoms with Crippen LogP contribution in [0.2, 0.25) is 0 Å². The van der Waals surface area contributed by atoms with Crippen LogP contribution in [-0.4, -0.2) is 11.8 Å². The van der Waals surface area contributed by atoms with Gasteiger partial charge in [-0.25, -0.2) is 0 Å². The standard InChI is InChI=1S/C12H21NO/c1-10(13)9-12(14)11-7-5-3-2-4-6-8-11/h5,7,10-11H,2-4,6,8-9,13H2,1H3/b7-5-. The fourth-order valence-corrected chi connectivity index (χ4v) is 1.90. The van der Waals surface area contributed by atoms with Crippen LogP contribution in [0.1, 0.15) is 45.4 Å². The molecule has 1 rings (SSSR count). The summed E-state index contributed by atoms with van der Waals surface area (Å²) in [6, 6.07) is 0.00124. The molecule has 0 aromatic heterocycles. The fraction of sp³-hybridized carbons (Fsp3) is 0.750. The summed E-state index contributed by atoms with van der Waals surface area (Å²) >= 11 is 0. The van der Waals surface area contributed by atoms with E-state index in [9.17, 15) is 4.79 Å². The first-order valence-corrected chi connectivity index (χ1v) is 5.65. The number of rotatable bonds is 3. The van der Waals surface area contributed by atoms with E-state index in [1.807, 2.05) is 6.92 Å². The normalized spacial score (nSPS) is 27.4. The highest BCUT2D eigenvalue weighted by molar-refractivity contribution is 5.83. The predicted octanol–water partition coefficient (Wildman–Crippen LogP) is 2.43. The minimum absolute atomic E-state index is 0.00124. The monoisotopic (exact) mass is 195 g/mol. The van der Waals surface area contributed by atoms with Gasteiger partial charge in [-0.1, -0.05) is 25.0 Å². The van der Waals surface area contributed by atoms with Crippen molar-refractivity contribution in [2.24, 2.45) is 11.7 Å². The molecule has 0 aliphatic heterocycles. The van der Waals surface area contributed by atoms with Gasteiger partial charge in [-0.05, 0) is 26.2 Å². The molecule has 80 valence electrons. The molecule has 14 heavy (non-hydrogen) atoms. The molecule has 0 bridgehead atoms. The fourth-order valence-electron chi connectivity index (χ4n) is 1.90. The second-order valence-electron chi connectivity index (χ2n) is 4.32. The molecule has 0 aromatic carbocycles. The van der Waals surface area contributed by atoms with Crippen LogP contribution in [0.3, 0.4) is 0 Å². The molecule has 2 N–H and O–H groups in total. The predicted molar refractivity (Wildman–Crippen MR) is 59.0 cm³/mol. The smallest absolute Gasteiger partial charge is 0.141 e. The van der Waals surface area contributed by atoms with Crippen molar-refractivity contribution >= 4 is 5.78 Å². The zero-order chi connectivity index (χ0) is 10.4. The molecule has 0 saturated heterocycles. The van der Waals surface area contributed by atoms with Crippen molar-refractivity contribution < 1.29 is 4.79 Å². The lowest BCUT2D eigenvalue weighted by molar-refractivity contribution is -0.122. The van der Waals surface area contributed by atoms with Crippen molar-refractivity contribution in [2.45, 2.75) is 51.5 Å². The first-order valence-electron chi connectivity index (χ1n) is 5.65. The Labute approximate surface area is 86.6 Å². The summed E-state index contributed by atoms with van der Waals surface area (Å²) in [5.41, 5.74) is 5.62. The van der Waals surface area contributed by atoms with Crippen LogP contribution in [-0.2, 0) is 4.79 Å². The number of hydrogen-bond donors (Lipinski definition) is 1. The first kappa shape index (κ1) is 11.4. The third-order valence-corrected chi connectivity index (χ3v) is 2.69. The van der Waals surface area contributed by atoms with Crippen LogP contribution in [0.15, 0.2) is 12.2 Å². The summed E-state index contributed by atoms with van der Waals surface area (Å²) in [6.07, 6.45) is 10.6. The largest absolute Gasteiger partial charge is 0.328 e. The van der Waals surface area contributed by atoms with Crippen molar-refractivity contribution in [1.29, 1.82) is 0 Å². The molecule has 0 heterocycles. The number of nitrogens with two attached hydrogens (primary N) is 1. The van der Waals surface area contributed by atoms with Gasteiger partial charge < -0.3 is 5.73 Å². The Bertz CT molecular complexity index is 208. The van der Waals surface area contributed by atoms with Gasteiger partial charge in [0.05, 0.1) is 0 Å². The average molecular weight is 195 g/mol. The van der Waals surface area contributed by atoms with Crippen molar-refractivity contribution in [3.05, 3.63) is 12.2 Å². The van der Waals surface area contributed by atoms with E-state index in [4.69, 9.17) is 5.73 Å². The Hall–Kier alpha value is -0.630. The Balaban J connectivity index is 2.46. The van der Waals surface area contributed by atoms with Gasteiger partial charge in [0.1, 0.15) is 5.78 Å². The molecule has 1 aliphatic carbocycles. The van der Waals surface area contributed by atoms with Gasteiger partial charge in [-0.15, -0.1) is 0 Å². The lowest BCUT2D eigenvalue weighted by atomic mass is 9.90. The van der Waals surface area contributed by atoms with Crippen molar-refractivity contribution in [2.75, 3.05) is 0 Å². The lowest BCUT2D eigenvalue weighted by Crippen LogP contribution is -2.24. The summed E-state index contributed by atoms with van der Waals surface area (Å²) in [5, 5.41) is 0. The molecule has 1 aliphatic rings. The topological polar surface area (TPSA) is 43.1 Å². The number of hydrogen-bond acceptors (Lipinski definition) is 2. The number of allylic oxidation sites excluding steroid dienone is 2. The zero-order valence-electron chi connectivity index (χ0n) is 9.04. The third-order valence-electron chi connectivity index (χ3n) is 2.69. The Kier molecular flexibility index (Phi) is 4.88. The van der Waals surface area contributed by atoms with Gasteiger partial charge in [-0.3, -0.25) is 4.79 Å². The minimum Gasteiger partial charge on any atom is -0.328 e. The maximum absolute atomic E-state index is 11.7. The molecule has 2 nitrogen and oxygen atoms in total. The Morgan fingerprint density at radius 3 is 3.00 bits per heavy atom. The molecule has 0 saturated carbocycles. The molecule has 0 fully saturated rings. The lowest BCUT2D eigenvalue weighted by Gasteiger charge is -2.15. The average Bonchev–Trinajstić information content (AvgIpc) is 2.00. The highest BCUT2D eigenvalue weighted by Gasteiger charge is 2.16. The van der Waals surface area contributed by atoms with Gasteiger partial charge in [0.25, 0.3) is 0 Å². The SMILES string of the molecule is CC(N)CC(=O)C1/C=C\CCCCC1. The van der Waals surface area contributed by atoms with E-state index in [2.05, 4.69) is 12.2 Å². The zero-order valence-corrected chi connectivity index (χ0v) is 9.04. The van der Waals surface area contributed by atoms with E-state index in [1.165, 1.54) is 19.3 Å². The first-order chi connectivity index (χ1) is 6.70. The molecule has 2 heteroatoms. The van der Waals surface area contributed by atoms with Gasteiger partial charge in [0, 0.05) is 18.4 Å². The van der Waals surface area contributed by atoms with Crippen LogP contribution in [0.4, 0.5) is 0 Å². The van der Waals surface area contributed by atoms with Crippen LogP contribution < -0.4 is 5.73 Å². The highest BCUT2D eigenvalue weighted by Crippen LogP contribution is 2.19. The number of ketones is 1. The van der Waals surface area contributed by atoms with Crippen LogP contribution in [0.25, 0.3) is 0 Å². The van der Waals surface area contributed by atoms with Crippen LogP contribution in [0, 0.1) is 5.92 Å². The quantitative estimate of drug-likeness (QED) is 0.703. The van der Waals surface area contributed by atoms with Crippen LogP contribution in [0.5, 0.6) is 0 Å². The third kappa shape index (κ3) is 4.05. The van der Waals surface area contributed by atoms with E-state index >= 15 is 0 Å². The van der Waals surface area contributed by atoms with E-state index in [0.29, 0.717) is 12.2 Å². The molecule has 2 unspecified atom stereocenters. The van der Waals surface area contributed by atoms with Crippen LogP contribution >= 0.6 is 0 Å². The maximum atomic E-state index is 11.7. The molecular weight excluding hydrogens is 174 g/mol. The van der Waals surface area contributed by atoms with Gasteiger partial charge in [0.2, 0.25) is 0 Å². The van der Waals surface area contributed by atoms with Crippen molar-refractivity contribution in [3.63, 3.8) is 0 Å². The van der Waals surface area contributed by atoms with Gasteiger partial charge >= 0.3 is 0 Å². The molecule has 2 atom stereocenters. The summed E-state index contributed by atoms with van der Waals surface area (Å²) in [6.45, 7) is 1.89. The molecule has 0 radical (unpaired) electrons. The Morgan fingerprint density at radius 2 is 2.29 bits per heavy atom. The summed E-state index contributed by atoms with van der Waals surface area (Å²) in [5.74, 6) is 0.458. The number of Topliss-reactive ketones (excluding diaryl/α,β-unsaturated/α-hetero) is 1. The second-order valence-corrected chi connectivity index (χ2v) is 4.32. The van der Waals surface area contributed by atoms with Gasteiger partial charge in [0.15, 0.2) is 0 Å². The highest BCUT2D eigenvalue weighted by atomic mass is 16.1. The van der Waals surface area contributed by atoms with Gasteiger partial charge in [-0.2, -0.15) is 0 Å². The second kappa shape index (κ2) is 5.97. The Morgan fingerprint density at radius 1 is 1.50 bits per heavy atom. The summed E-state index contributed by atoms with van der Waals surface area (Å²) < 4.78 is 0. The van der Waals surface area contributed by atoms with E-state index in [1.54, 1.807) is 0 Å². The summed E-state index contributed by atoms with van der Waals surface area (Å²) in [4.78, 5) is 11.7.